The first-order valence-corrected chi connectivity index (χ1v) is 0. The molecular weight excluding hydrogens is 524 g/mol. The van der Waals surface area contributed by atoms with E-state index in [1.165, 1.54) is 0 Å². The van der Waals surface area contributed by atoms with Crippen molar-refractivity contribution in [3.8, 4) is 0 Å². The van der Waals surface area contributed by atoms with Crippen molar-refractivity contribution in [2.24, 2.45) is 0 Å². The minimum absolute atomic E-state index is 0. The summed E-state index contributed by atoms with van der Waals surface area (Å²) in [6, 6.07) is 0. The summed E-state index contributed by atoms with van der Waals surface area (Å²) in [6.07, 6.45) is 0. The Hall–Kier alpha value is 4.30. The van der Waals surface area contributed by atoms with E-state index >= 15 is 0 Å². The fourth-order valence-corrected chi connectivity index (χ4v) is 0. The summed E-state index contributed by atoms with van der Waals surface area (Å²) in [4.78, 5) is 0. The van der Waals surface area contributed by atoms with Crippen molar-refractivity contribution < 1.29 is 83.1 Å². The largest absolute Gasteiger partial charge is 0 e. The van der Waals surface area contributed by atoms with Crippen molar-refractivity contribution in [1.29, 1.82) is 0 Å². The van der Waals surface area contributed by atoms with Gasteiger partial charge in [0, 0.05) is 83.1 Å². The van der Waals surface area contributed by atoms with Gasteiger partial charge in [0.1, 0.15) is 0 Å². The van der Waals surface area contributed by atoms with Gasteiger partial charge < -0.3 is 0 Å². The van der Waals surface area contributed by atoms with Gasteiger partial charge in [-0.3, -0.25) is 0 Å². The average Bonchev–Trinajstić information content (AvgIpc) is 0. The van der Waals surface area contributed by atoms with Crippen LogP contribution in [-0.4, -0.2) is 47.8 Å². The normalized spacial score (nSPS) is 0. The summed E-state index contributed by atoms with van der Waals surface area (Å²) < 4.78 is 0. The van der Waals surface area contributed by atoms with Gasteiger partial charge in [-0.2, -0.15) is 0 Å². The molecule has 35 valence electrons. The maximum Gasteiger partial charge on any atom is 0 e. The summed E-state index contributed by atoms with van der Waals surface area (Å²) in [5.74, 6) is 0. The smallest absolute Gasteiger partial charge is 0 e. The van der Waals surface area contributed by atoms with Crippen molar-refractivity contribution in [2.45, 2.75) is 0 Å². The second-order valence-electron chi connectivity index (χ2n) is 0. The van der Waals surface area contributed by atoms with Crippen molar-refractivity contribution in [3.63, 3.8) is 0 Å². The Labute approximate surface area is 128 Å². The summed E-state index contributed by atoms with van der Waals surface area (Å²) >= 11 is 0. The molecule has 0 bridgehead atoms. The molecule has 0 unspecified atom stereocenters. The monoisotopic (exact) mass is 531 g/mol. The van der Waals surface area contributed by atoms with E-state index in [0.29, 0.717) is 0 Å². The summed E-state index contributed by atoms with van der Waals surface area (Å²) in [5, 5.41) is 0. The second kappa shape index (κ2) is 34.7. The van der Waals surface area contributed by atoms with Gasteiger partial charge >= 0.3 is 47.8 Å². The minimum Gasteiger partial charge on any atom is 0 e. The maximum atomic E-state index is 0. The molecule has 1 radical (unpaired) electrons. The summed E-state index contributed by atoms with van der Waals surface area (Å²) in [7, 11) is 0. The van der Waals surface area contributed by atoms with Crippen LogP contribution in [0.5, 0.6) is 0 Å². The zero-order valence-electron chi connectivity index (χ0n) is 2.22. The molecule has 0 nitrogen and oxygen atoms in total. The first-order valence-electron chi connectivity index (χ1n) is 0. The molecule has 0 N–H and O–H groups in total. The third-order valence-electron chi connectivity index (χ3n) is 0. The van der Waals surface area contributed by atoms with Gasteiger partial charge in [0.25, 0.3) is 0 Å². The van der Waals surface area contributed by atoms with Crippen LogP contribution in [0, 0.1) is 0 Å². The first-order chi connectivity index (χ1) is 0. The fraction of sp³-hybridized carbons (Fsp3) is 0. The van der Waals surface area contributed by atoms with Gasteiger partial charge in [-0.1, -0.05) is 0 Å². The Kier molecular flexibility index (Phi) is 278. The molecule has 6 heavy (non-hydrogen) atoms. The zero-order valence-corrected chi connectivity index (χ0v) is 11.2. The molecule has 0 aromatic carbocycles. The SMILES string of the molecule is [Ag].[SnH4].[SnH4].[Ti].[Zn].[Zn]. The first kappa shape index (κ1) is 48.2. The van der Waals surface area contributed by atoms with E-state index in [4.69, 9.17) is 0 Å². The Morgan fingerprint density at radius 2 is 0.667 bits per heavy atom. The molecule has 0 saturated heterocycles. The number of rotatable bonds is 0. The molecule has 0 saturated carbocycles. The molecule has 0 heterocycles. The van der Waals surface area contributed by atoms with Crippen LogP contribution in [0.25, 0.3) is 0 Å². The summed E-state index contributed by atoms with van der Waals surface area (Å²) in [6.45, 7) is 0. The molecule has 0 aliphatic carbocycles. The second-order valence-corrected chi connectivity index (χ2v) is 0. The van der Waals surface area contributed by atoms with E-state index in [1.807, 2.05) is 0 Å². The van der Waals surface area contributed by atoms with Gasteiger partial charge in [-0.25, -0.2) is 0 Å². The average molecular weight is 532 g/mol. The third kappa shape index (κ3) is 23.9. The number of hydrogen-bond acceptors (Lipinski definition) is 0. The van der Waals surface area contributed by atoms with Crippen molar-refractivity contribution in [1.82, 2.24) is 0 Å². The van der Waals surface area contributed by atoms with Crippen LogP contribution in [0.2, 0.25) is 0 Å². The number of hydrogen-bond donors (Lipinski definition) is 0. The van der Waals surface area contributed by atoms with Crippen LogP contribution in [0.4, 0.5) is 0 Å². The van der Waals surface area contributed by atoms with Crippen molar-refractivity contribution in [2.75, 3.05) is 0 Å². The molecule has 0 fully saturated rings. The van der Waals surface area contributed by atoms with E-state index in [9.17, 15) is 0 Å². The zero-order chi connectivity index (χ0) is 0. The van der Waals surface area contributed by atoms with E-state index in [1.54, 1.807) is 0 Å². The van der Waals surface area contributed by atoms with Crippen LogP contribution in [0.1, 0.15) is 0 Å². The Morgan fingerprint density at radius 3 is 0.667 bits per heavy atom. The standard InChI is InChI=1S/Ag.2Sn.Ti.2Zn.8H. The van der Waals surface area contributed by atoms with Crippen LogP contribution in [0.15, 0.2) is 0 Å². The molecular formula is H8AgSn2TiZn2. The van der Waals surface area contributed by atoms with Gasteiger partial charge in [-0.15, -0.1) is 0 Å². The molecule has 0 aromatic rings. The van der Waals surface area contributed by atoms with E-state index in [2.05, 4.69) is 0 Å². The van der Waals surface area contributed by atoms with Gasteiger partial charge in [0.05, 0.1) is 0 Å². The van der Waals surface area contributed by atoms with Crippen LogP contribution in [-0.2, 0) is 83.1 Å². The molecule has 0 aliphatic heterocycles. The molecule has 0 amide bonds. The Morgan fingerprint density at radius 1 is 0.667 bits per heavy atom. The van der Waals surface area contributed by atoms with E-state index in [0.717, 1.165) is 0 Å². The predicted molar refractivity (Wildman–Crippen MR) is 22.7 cm³/mol. The fourth-order valence-electron chi connectivity index (χ4n) is 0. The van der Waals surface area contributed by atoms with Crippen LogP contribution >= 0.6 is 0 Å². The van der Waals surface area contributed by atoms with Crippen molar-refractivity contribution >= 4 is 47.8 Å². The molecule has 0 rings (SSSR count). The van der Waals surface area contributed by atoms with E-state index in [-0.39, 0.29) is 131 Å². The quantitative estimate of drug-likeness (QED) is 0.294. The molecule has 0 spiro atoms. The molecule has 0 atom stereocenters. The molecule has 0 aliphatic rings. The molecule has 0 aromatic heterocycles. The Bertz CT molecular complexity index is 11.5. The van der Waals surface area contributed by atoms with Crippen LogP contribution in [0.3, 0.4) is 0 Å². The topological polar surface area (TPSA) is 0 Å². The van der Waals surface area contributed by atoms with Gasteiger partial charge in [0.2, 0.25) is 0 Å². The third-order valence-corrected chi connectivity index (χ3v) is 0. The maximum absolute atomic E-state index is 0. The summed E-state index contributed by atoms with van der Waals surface area (Å²) in [5.41, 5.74) is 0. The van der Waals surface area contributed by atoms with E-state index < -0.39 is 0 Å². The predicted octanol–water partition coefficient (Wildman–Crippen LogP) is -2.91. The minimum atomic E-state index is 0. The van der Waals surface area contributed by atoms with Crippen molar-refractivity contribution in [3.05, 3.63) is 0 Å². The Balaban J connectivity index is 0. The molecule has 6 heteroatoms. The van der Waals surface area contributed by atoms with Crippen LogP contribution < -0.4 is 0 Å². The van der Waals surface area contributed by atoms with Gasteiger partial charge in [0.15, 0.2) is 0 Å². The van der Waals surface area contributed by atoms with Gasteiger partial charge in [-0.05, 0) is 0 Å².